The van der Waals surface area contributed by atoms with Gasteiger partial charge in [0.2, 0.25) is 5.88 Å². The standard InChI is InChI=1S/C12H20BrN3O/c1-4-10(5-2)16(7-6-13)11-8-12(17-3)15-9-14-11/h8-10H,4-7H2,1-3H3. The van der Waals surface area contributed by atoms with E-state index in [2.05, 4.69) is 44.6 Å². The Morgan fingerprint density at radius 1 is 1.35 bits per heavy atom. The van der Waals surface area contributed by atoms with Crippen LogP contribution in [0.25, 0.3) is 0 Å². The Balaban J connectivity index is 2.94. The molecule has 0 spiro atoms. The second kappa shape index (κ2) is 7.48. The molecule has 0 aliphatic heterocycles. The lowest BCUT2D eigenvalue weighted by Gasteiger charge is -2.31. The molecule has 0 bridgehead atoms. The average molecular weight is 302 g/mol. The molecule has 0 N–H and O–H groups in total. The monoisotopic (exact) mass is 301 g/mol. The van der Waals surface area contributed by atoms with Crippen LogP contribution >= 0.6 is 15.9 Å². The highest BCUT2D eigenvalue weighted by atomic mass is 79.9. The summed E-state index contributed by atoms with van der Waals surface area (Å²) >= 11 is 3.49. The summed E-state index contributed by atoms with van der Waals surface area (Å²) in [5, 5.41) is 0.926. The van der Waals surface area contributed by atoms with Crippen molar-refractivity contribution in [3.8, 4) is 5.88 Å². The van der Waals surface area contributed by atoms with Gasteiger partial charge in [0, 0.05) is 24.0 Å². The minimum atomic E-state index is 0.507. The Morgan fingerprint density at radius 3 is 2.59 bits per heavy atom. The lowest BCUT2D eigenvalue weighted by atomic mass is 10.1. The Hall–Kier alpha value is -0.840. The van der Waals surface area contributed by atoms with Crippen LogP contribution in [0.5, 0.6) is 5.88 Å². The van der Waals surface area contributed by atoms with Crippen LogP contribution in [0, 0.1) is 0 Å². The van der Waals surface area contributed by atoms with Crippen molar-refractivity contribution in [1.29, 1.82) is 0 Å². The van der Waals surface area contributed by atoms with Gasteiger partial charge in [0.1, 0.15) is 12.1 Å². The van der Waals surface area contributed by atoms with E-state index >= 15 is 0 Å². The predicted molar refractivity (Wildman–Crippen MR) is 74.1 cm³/mol. The number of halogens is 1. The maximum atomic E-state index is 5.14. The smallest absolute Gasteiger partial charge is 0.218 e. The molecular formula is C12H20BrN3O. The molecule has 17 heavy (non-hydrogen) atoms. The molecule has 0 radical (unpaired) electrons. The maximum Gasteiger partial charge on any atom is 0.218 e. The first-order valence-electron chi connectivity index (χ1n) is 5.95. The van der Waals surface area contributed by atoms with Crippen molar-refractivity contribution in [2.45, 2.75) is 32.7 Å². The quantitative estimate of drug-likeness (QED) is 0.726. The number of hydrogen-bond acceptors (Lipinski definition) is 4. The van der Waals surface area contributed by atoms with Gasteiger partial charge in [-0.25, -0.2) is 9.97 Å². The van der Waals surface area contributed by atoms with Crippen LogP contribution in [0.3, 0.4) is 0 Å². The molecular weight excluding hydrogens is 282 g/mol. The van der Waals surface area contributed by atoms with Crippen molar-refractivity contribution in [2.75, 3.05) is 23.9 Å². The lowest BCUT2D eigenvalue weighted by molar-refractivity contribution is 0.396. The zero-order valence-electron chi connectivity index (χ0n) is 10.7. The Kier molecular flexibility index (Phi) is 6.26. The number of alkyl halides is 1. The summed E-state index contributed by atoms with van der Waals surface area (Å²) < 4.78 is 5.14. The summed E-state index contributed by atoms with van der Waals surface area (Å²) in [6.45, 7) is 5.34. The van der Waals surface area contributed by atoms with Crippen molar-refractivity contribution >= 4 is 21.7 Å². The van der Waals surface area contributed by atoms with E-state index in [1.54, 1.807) is 13.4 Å². The molecule has 1 aromatic heterocycles. The summed E-state index contributed by atoms with van der Waals surface area (Å²) in [5.74, 6) is 1.55. The van der Waals surface area contributed by atoms with Crippen LogP contribution < -0.4 is 9.64 Å². The SMILES string of the molecule is CCC(CC)N(CCBr)c1cc(OC)ncn1. The van der Waals surface area contributed by atoms with E-state index in [-0.39, 0.29) is 0 Å². The Labute approximate surface area is 112 Å². The van der Waals surface area contributed by atoms with Gasteiger partial charge >= 0.3 is 0 Å². The summed E-state index contributed by atoms with van der Waals surface area (Å²) in [6, 6.07) is 2.40. The minimum absolute atomic E-state index is 0.507. The average Bonchev–Trinajstić information content (AvgIpc) is 2.39. The zero-order chi connectivity index (χ0) is 12.7. The maximum absolute atomic E-state index is 5.14. The molecule has 1 rings (SSSR count). The fourth-order valence-corrected chi connectivity index (χ4v) is 2.29. The Bertz CT molecular complexity index is 331. The molecule has 1 heterocycles. The van der Waals surface area contributed by atoms with Gasteiger partial charge in [-0.3, -0.25) is 0 Å². The highest BCUT2D eigenvalue weighted by Crippen LogP contribution is 2.20. The van der Waals surface area contributed by atoms with Gasteiger partial charge in [0.05, 0.1) is 7.11 Å². The van der Waals surface area contributed by atoms with Gasteiger partial charge in [-0.2, -0.15) is 0 Å². The van der Waals surface area contributed by atoms with E-state index in [9.17, 15) is 0 Å². The molecule has 0 atom stereocenters. The number of anilines is 1. The summed E-state index contributed by atoms with van der Waals surface area (Å²) in [7, 11) is 1.62. The molecule has 4 nitrogen and oxygen atoms in total. The second-order valence-corrected chi connectivity index (χ2v) is 4.56. The molecule has 0 amide bonds. The fourth-order valence-electron chi connectivity index (χ4n) is 1.90. The van der Waals surface area contributed by atoms with E-state index in [0.717, 1.165) is 30.5 Å². The van der Waals surface area contributed by atoms with Gasteiger partial charge < -0.3 is 9.64 Å². The van der Waals surface area contributed by atoms with Crippen LogP contribution in [0.2, 0.25) is 0 Å². The summed E-state index contributed by atoms with van der Waals surface area (Å²) in [5.41, 5.74) is 0. The van der Waals surface area contributed by atoms with Gasteiger partial charge in [0.25, 0.3) is 0 Å². The van der Waals surface area contributed by atoms with E-state index < -0.39 is 0 Å². The molecule has 0 saturated carbocycles. The number of hydrogen-bond donors (Lipinski definition) is 0. The number of nitrogens with zero attached hydrogens (tertiary/aromatic N) is 3. The normalized spacial score (nSPS) is 10.6. The first-order valence-corrected chi connectivity index (χ1v) is 7.07. The molecule has 0 unspecified atom stereocenters. The molecule has 1 aromatic rings. The molecule has 5 heteroatoms. The van der Waals surface area contributed by atoms with Crippen LogP contribution in [0.15, 0.2) is 12.4 Å². The molecule has 0 aromatic carbocycles. The van der Waals surface area contributed by atoms with Crippen LogP contribution in [-0.2, 0) is 0 Å². The van der Waals surface area contributed by atoms with Crippen molar-refractivity contribution in [1.82, 2.24) is 9.97 Å². The minimum Gasteiger partial charge on any atom is -0.481 e. The number of aromatic nitrogens is 2. The van der Waals surface area contributed by atoms with Crippen molar-refractivity contribution in [3.63, 3.8) is 0 Å². The van der Waals surface area contributed by atoms with Crippen molar-refractivity contribution < 1.29 is 4.74 Å². The first-order chi connectivity index (χ1) is 8.26. The van der Waals surface area contributed by atoms with Gasteiger partial charge in [-0.1, -0.05) is 29.8 Å². The molecule has 0 saturated heterocycles. The first kappa shape index (κ1) is 14.2. The van der Waals surface area contributed by atoms with Crippen LogP contribution in [0.4, 0.5) is 5.82 Å². The second-order valence-electron chi connectivity index (χ2n) is 3.77. The van der Waals surface area contributed by atoms with E-state index in [0.29, 0.717) is 11.9 Å². The van der Waals surface area contributed by atoms with E-state index in [1.807, 2.05) is 6.07 Å². The van der Waals surface area contributed by atoms with Gasteiger partial charge in [-0.15, -0.1) is 0 Å². The zero-order valence-corrected chi connectivity index (χ0v) is 12.3. The third kappa shape index (κ3) is 3.84. The highest BCUT2D eigenvalue weighted by molar-refractivity contribution is 9.09. The molecule has 0 aliphatic rings. The summed E-state index contributed by atoms with van der Waals surface area (Å²) in [4.78, 5) is 10.7. The molecule has 96 valence electrons. The number of ether oxygens (including phenoxy) is 1. The largest absolute Gasteiger partial charge is 0.481 e. The predicted octanol–water partition coefficient (Wildman–Crippen LogP) is 2.88. The third-order valence-corrected chi connectivity index (χ3v) is 3.19. The lowest BCUT2D eigenvalue weighted by Crippen LogP contribution is -2.36. The third-order valence-electron chi connectivity index (χ3n) is 2.84. The van der Waals surface area contributed by atoms with Crippen molar-refractivity contribution in [2.24, 2.45) is 0 Å². The molecule has 0 aliphatic carbocycles. The molecule has 0 fully saturated rings. The van der Waals surface area contributed by atoms with Crippen LogP contribution in [-0.4, -0.2) is 35.0 Å². The summed E-state index contributed by atoms with van der Waals surface area (Å²) in [6.07, 6.45) is 3.77. The van der Waals surface area contributed by atoms with Crippen LogP contribution in [0.1, 0.15) is 26.7 Å². The number of methoxy groups -OCH3 is 1. The van der Waals surface area contributed by atoms with Gasteiger partial charge in [-0.05, 0) is 12.8 Å². The van der Waals surface area contributed by atoms with E-state index in [1.165, 1.54) is 0 Å². The highest BCUT2D eigenvalue weighted by Gasteiger charge is 2.16. The van der Waals surface area contributed by atoms with E-state index in [4.69, 9.17) is 4.74 Å². The number of rotatable bonds is 7. The fraction of sp³-hybridized carbons (Fsp3) is 0.667. The Morgan fingerprint density at radius 2 is 2.06 bits per heavy atom. The topological polar surface area (TPSA) is 38.2 Å². The van der Waals surface area contributed by atoms with Crippen molar-refractivity contribution in [3.05, 3.63) is 12.4 Å². The van der Waals surface area contributed by atoms with Gasteiger partial charge in [0.15, 0.2) is 0 Å².